The van der Waals surface area contributed by atoms with E-state index in [0.29, 0.717) is 24.5 Å². The third-order valence-electron chi connectivity index (χ3n) is 4.94. The monoisotopic (exact) mass is 496 g/mol. The van der Waals surface area contributed by atoms with Crippen molar-refractivity contribution in [3.63, 3.8) is 0 Å². The summed E-state index contributed by atoms with van der Waals surface area (Å²) in [5.41, 5.74) is 2.39. The fraction of sp³-hybridized carbons (Fsp3) is 0.231. The predicted molar refractivity (Wildman–Crippen MR) is 133 cm³/mol. The molecule has 8 nitrogen and oxygen atoms in total. The first-order valence-electron chi connectivity index (χ1n) is 11.2. The second kappa shape index (κ2) is 12.7. The highest BCUT2D eigenvalue weighted by molar-refractivity contribution is 7.89. The molecular formula is C26H28N2O6S. The highest BCUT2D eigenvalue weighted by atomic mass is 32.2. The molecule has 0 atom stereocenters. The van der Waals surface area contributed by atoms with Crippen molar-refractivity contribution in [3.8, 4) is 5.75 Å². The lowest BCUT2D eigenvalue weighted by molar-refractivity contribution is -0.142. The van der Waals surface area contributed by atoms with E-state index in [1.54, 1.807) is 31.2 Å². The predicted octanol–water partition coefficient (Wildman–Crippen LogP) is 3.33. The zero-order chi connectivity index (χ0) is 25.1. The molecule has 0 aliphatic heterocycles. The molecule has 0 saturated heterocycles. The van der Waals surface area contributed by atoms with Crippen LogP contribution in [0.15, 0.2) is 83.8 Å². The SMILES string of the molecule is CCOC(=O)Cc1ccc(NC(=O)COc2ccc(S(=O)(=O)NCCc3ccccc3)cc2)cc1. The Morgan fingerprint density at radius 2 is 1.54 bits per heavy atom. The molecule has 0 spiro atoms. The lowest BCUT2D eigenvalue weighted by Crippen LogP contribution is -2.26. The summed E-state index contributed by atoms with van der Waals surface area (Å²) in [5, 5.41) is 2.70. The van der Waals surface area contributed by atoms with Crippen molar-refractivity contribution >= 4 is 27.6 Å². The Balaban J connectivity index is 1.44. The van der Waals surface area contributed by atoms with E-state index in [4.69, 9.17) is 9.47 Å². The van der Waals surface area contributed by atoms with Gasteiger partial charge in [-0.3, -0.25) is 9.59 Å². The van der Waals surface area contributed by atoms with Crippen LogP contribution in [0.3, 0.4) is 0 Å². The molecule has 0 unspecified atom stereocenters. The van der Waals surface area contributed by atoms with Crippen LogP contribution in [0.4, 0.5) is 5.69 Å². The molecule has 9 heteroatoms. The third-order valence-corrected chi connectivity index (χ3v) is 6.42. The van der Waals surface area contributed by atoms with Crippen molar-refractivity contribution in [3.05, 3.63) is 90.0 Å². The molecule has 0 heterocycles. The van der Waals surface area contributed by atoms with E-state index in [2.05, 4.69) is 10.0 Å². The van der Waals surface area contributed by atoms with Crippen molar-refractivity contribution in [2.45, 2.75) is 24.7 Å². The summed E-state index contributed by atoms with van der Waals surface area (Å²) >= 11 is 0. The largest absolute Gasteiger partial charge is 0.484 e. The number of esters is 1. The van der Waals surface area contributed by atoms with Crippen molar-refractivity contribution in [2.75, 3.05) is 25.1 Å². The number of sulfonamides is 1. The summed E-state index contributed by atoms with van der Waals surface area (Å²) in [6.45, 7) is 2.12. The molecule has 0 fully saturated rings. The maximum Gasteiger partial charge on any atom is 0.310 e. The van der Waals surface area contributed by atoms with Gasteiger partial charge in [-0.1, -0.05) is 42.5 Å². The molecule has 0 aliphatic carbocycles. The van der Waals surface area contributed by atoms with Crippen LogP contribution in [-0.2, 0) is 37.2 Å². The first kappa shape index (κ1) is 25.9. The van der Waals surface area contributed by atoms with E-state index < -0.39 is 10.0 Å². The van der Waals surface area contributed by atoms with E-state index in [9.17, 15) is 18.0 Å². The first-order valence-corrected chi connectivity index (χ1v) is 12.6. The van der Waals surface area contributed by atoms with E-state index in [0.717, 1.165) is 11.1 Å². The van der Waals surface area contributed by atoms with Crippen LogP contribution in [0.25, 0.3) is 0 Å². The molecular weight excluding hydrogens is 468 g/mol. The van der Waals surface area contributed by atoms with Gasteiger partial charge in [0.25, 0.3) is 5.91 Å². The van der Waals surface area contributed by atoms with Gasteiger partial charge in [0.2, 0.25) is 10.0 Å². The van der Waals surface area contributed by atoms with Gasteiger partial charge in [-0.15, -0.1) is 0 Å². The Morgan fingerprint density at radius 1 is 0.857 bits per heavy atom. The molecule has 0 bridgehead atoms. The maximum absolute atomic E-state index is 12.5. The van der Waals surface area contributed by atoms with Crippen LogP contribution in [0.2, 0.25) is 0 Å². The zero-order valence-corrected chi connectivity index (χ0v) is 20.2. The molecule has 0 saturated carbocycles. The van der Waals surface area contributed by atoms with Crippen LogP contribution in [0, 0.1) is 0 Å². The molecule has 35 heavy (non-hydrogen) atoms. The Bertz CT molecular complexity index is 1210. The van der Waals surface area contributed by atoms with E-state index in [1.165, 1.54) is 24.3 Å². The summed E-state index contributed by atoms with van der Waals surface area (Å²) in [6.07, 6.45) is 0.754. The Labute approximate surface area is 205 Å². The minimum atomic E-state index is -3.65. The molecule has 3 aromatic carbocycles. The number of hydrogen-bond acceptors (Lipinski definition) is 6. The second-order valence-electron chi connectivity index (χ2n) is 7.62. The van der Waals surface area contributed by atoms with Crippen LogP contribution >= 0.6 is 0 Å². The molecule has 0 aromatic heterocycles. The van der Waals surface area contributed by atoms with Crippen molar-refractivity contribution in [1.82, 2.24) is 4.72 Å². The number of rotatable bonds is 12. The summed E-state index contributed by atoms with van der Waals surface area (Å²) in [7, 11) is -3.65. The second-order valence-corrected chi connectivity index (χ2v) is 9.39. The van der Waals surface area contributed by atoms with Gasteiger partial charge in [0.15, 0.2) is 6.61 Å². The number of carbonyl (C=O) groups excluding carboxylic acids is 2. The number of hydrogen-bond donors (Lipinski definition) is 2. The number of carbonyl (C=O) groups is 2. The summed E-state index contributed by atoms with van der Waals surface area (Å²) in [5.74, 6) is -0.310. The molecule has 3 rings (SSSR count). The summed E-state index contributed by atoms with van der Waals surface area (Å²) in [6, 6.07) is 22.3. The van der Waals surface area contributed by atoms with Gasteiger partial charge in [0, 0.05) is 12.2 Å². The fourth-order valence-electron chi connectivity index (χ4n) is 3.20. The minimum Gasteiger partial charge on any atom is -0.484 e. The van der Waals surface area contributed by atoms with E-state index >= 15 is 0 Å². The smallest absolute Gasteiger partial charge is 0.310 e. The van der Waals surface area contributed by atoms with Crippen LogP contribution in [-0.4, -0.2) is 40.1 Å². The van der Waals surface area contributed by atoms with Crippen LogP contribution in [0.5, 0.6) is 5.75 Å². The molecule has 0 radical (unpaired) electrons. The molecule has 0 aliphatic rings. The quantitative estimate of drug-likeness (QED) is 0.372. The van der Waals surface area contributed by atoms with Crippen molar-refractivity contribution in [2.24, 2.45) is 0 Å². The first-order chi connectivity index (χ1) is 16.9. The van der Waals surface area contributed by atoms with Gasteiger partial charge in [-0.25, -0.2) is 13.1 Å². The topological polar surface area (TPSA) is 111 Å². The maximum atomic E-state index is 12.5. The Kier molecular flexibility index (Phi) is 9.39. The fourth-order valence-corrected chi connectivity index (χ4v) is 4.24. The van der Waals surface area contributed by atoms with E-state index in [1.807, 2.05) is 30.3 Å². The average molecular weight is 497 g/mol. The van der Waals surface area contributed by atoms with Gasteiger partial charge < -0.3 is 14.8 Å². The van der Waals surface area contributed by atoms with Gasteiger partial charge in [0.05, 0.1) is 17.9 Å². The molecule has 184 valence electrons. The lowest BCUT2D eigenvalue weighted by Gasteiger charge is -2.10. The number of anilines is 1. The van der Waals surface area contributed by atoms with Gasteiger partial charge in [0.1, 0.15) is 5.75 Å². The van der Waals surface area contributed by atoms with E-state index in [-0.39, 0.29) is 36.3 Å². The van der Waals surface area contributed by atoms with Gasteiger partial charge >= 0.3 is 5.97 Å². The highest BCUT2D eigenvalue weighted by Crippen LogP contribution is 2.16. The average Bonchev–Trinajstić information content (AvgIpc) is 2.85. The van der Waals surface area contributed by atoms with Crippen molar-refractivity contribution < 1.29 is 27.5 Å². The van der Waals surface area contributed by atoms with Crippen LogP contribution < -0.4 is 14.8 Å². The summed E-state index contributed by atoms with van der Waals surface area (Å²) in [4.78, 5) is 23.8. The van der Waals surface area contributed by atoms with Crippen molar-refractivity contribution in [1.29, 1.82) is 0 Å². The Morgan fingerprint density at radius 3 is 2.20 bits per heavy atom. The Hall–Kier alpha value is -3.69. The molecule has 1 amide bonds. The minimum absolute atomic E-state index is 0.116. The highest BCUT2D eigenvalue weighted by Gasteiger charge is 2.14. The molecule has 3 aromatic rings. The third kappa shape index (κ3) is 8.55. The zero-order valence-electron chi connectivity index (χ0n) is 19.4. The normalized spacial score (nSPS) is 11.0. The lowest BCUT2D eigenvalue weighted by atomic mass is 10.1. The number of nitrogens with one attached hydrogen (secondary N) is 2. The standard InChI is InChI=1S/C26H28N2O6S/c1-2-33-26(30)18-21-8-10-22(11-9-21)28-25(29)19-34-23-12-14-24(15-13-23)35(31,32)27-17-16-20-6-4-3-5-7-20/h3-15,27H,2,16-19H2,1H3,(H,28,29). The number of benzene rings is 3. The number of ether oxygens (including phenoxy) is 2. The van der Waals surface area contributed by atoms with Gasteiger partial charge in [-0.05, 0) is 60.9 Å². The van der Waals surface area contributed by atoms with Gasteiger partial charge in [-0.2, -0.15) is 0 Å². The molecule has 2 N–H and O–H groups in total. The summed E-state index contributed by atoms with van der Waals surface area (Å²) < 4.78 is 37.9. The number of amides is 1. The van der Waals surface area contributed by atoms with Crippen LogP contribution in [0.1, 0.15) is 18.1 Å².